The molecule has 0 saturated carbocycles. The average Bonchev–Trinajstić information content (AvgIpc) is 2.73. The molecular formula is C22H13ClF2N3O2+. The van der Waals surface area contributed by atoms with Crippen LogP contribution in [-0.4, -0.2) is 40.4 Å². The van der Waals surface area contributed by atoms with Gasteiger partial charge in [-0.05, 0) is 30.3 Å². The van der Waals surface area contributed by atoms with Gasteiger partial charge >= 0.3 is 11.9 Å². The van der Waals surface area contributed by atoms with E-state index in [1.54, 1.807) is 24.3 Å². The van der Waals surface area contributed by atoms with Gasteiger partial charge in [-0.1, -0.05) is 30.0 Å². The number of hydrogen-bond donors (Lipinski definition) is 0. The lowest BCUT2D eigenvalue weighted by Crippen LogP contribution is -2.57. The molecule has 0 fully saturated rings. The van der Waals surface area contributed by atoms with E-state index in [0.29, 0.717) is 10.5 Å². The Hall–Kier alpha value is -3.63. The number of hydrogen-bond acceptors (Lipinski definition) is 3. The second-order valence-corrected chi connectivity index (χ2v) is 6.96. The van der Waals surface area contributed by atoms with Crippen LogP contribution in [0.25, 0.3) is 0 Å². The molecule has 4 rings (SSSR count). The van der Waals surface area contributed by atoms with Crippen LogP contribution in [0, 0.1) is 23.5 Å². The lowest BCUT2D eigenvalue weighted by Gasteiger charge is -2.24. The maximum atomic E-state index is 14.8. The monoisotopic (exact) mass is 424 g/mol. The van der Waals surface area contributed by atoms with E-state index in [1.807, 2.05) is 6.07 Å². The highest BCUT2D eigenvalue weighted by Crippen LogP contribution is 2.28. The Morgan fingerprint density at radius 3 is 2.37 bits per heavy atom. The van der Waals surface area contributed by atoms with Crippen molar-refractivity contribution >= 4 is 40.6 Å². The highest BCUT2D eigenvalue weighted by atomic mass is 35.5. The fraction of sp³-hybridized carbons (Fsp3) is 0.0909. The highest BCUT2D eigenvalue weighted by Gasteiger charge is 2.50. The number of halogens is 3. The summed E-state index contributed by atoms with van der Waals surface area (Å²) in [6.45, 7) is 0. The van der Waals surface area contributed by atoms with Crippen molar-refractivity contribution in [1.29, 1.82) is 0 Å². The van der Waals surface area contributed by atoms with Gasteiger partial charge in [0, 0.05) is 17.3 Å². The molecule has 0 bridgehead atoms. The normalized spacial score (nSPS) is 18.1. The predicted octanol–water partition coefficient (Wildman–Crippen LogP) is 3.49. The summed E-state index contributed by atoms with van der Waals surface area (Å²) < 4.78 is 30.7. The fourth-order valence-corrected chi connectivity index (χ4v) is 3.46. The first kappa shape index (κ1) is 19.7. The zero-order valence-electron chi connectivity index (χ0n) is 15.6. The van der Waals surface area contributed by atoms with Gasteiger partial charge in [0.15, 0.2) is 23.1 Å². The average molecular weight is 425 g/mol. The van der Waals surface area contributed by atoms with Crippen LogP contribution in [0.4, 0.5) is 19.3 Å². The van der Waals surface area contributed by atoms with E-state index in [-0.39, 0.29) is 17.0 Å². The number of carbonyl (C=O) groups excluding carboxylic acids is 2. The number of imide groups is 1. The molecule has 2 aromatic carbocycles. The molecule has 2 heterocycles. The van der Waals surface area contributed by atoms with E-state index < -0.39 is 34.6 Å². The van der Waals surface area contributed by atoms with Crippen LogP contribution < -0.4 is 4.90 Å². The summed E-state index contributed by atoms with van der Waals surface area (Å²) in [6.07, 6.45) is 2.81. The molecule has 3 amide bonds. The molecule has 2 aromatic rings. The molecule has 0 radical (unpaired) electrons. The molecule has 8 heteroatoms. The summed E-state index contributed by atoms with van der Waals surface area (Å²) in [5, 5.41) is -0.761. The molecule has 148 valence electrons. The van der Waals surface area contributed by atoms with Gasteiger partial charge in [-0.25, -0.2) is 18.6 Å². The number of alkyl halides is 1. The van der Waals surface area contributed by atoms with Crippen LogP contribution in [0.3, 0.4) is 0 Å². The molecule has 1 atom stereocenters. The summed E-state index contributed by atoms with van der Waals surface area (Å²) >= 11 is 6.15. The summed E-state index contributed by atoms with van der Waals surface area (Å²) in [5.74, 6) is 2.32. The van der Waals surface area contributed by atoms with E-state index in [2.05, 4.69) is 16.8 Å². The van der Waals surface area contributed by atoms with Crippen molar-refractivity contribution in [2.75, 3.05) is 11.9 Å². The minimum absolute atomic E-state index is 0.0638. The van der Waals surface area contributed by atoms with Gasteiger partial charge in [0.25, 0.3) is 0 Å². The van der Waals surface area contributed by atoms with Crippen molar-refractivity contribution in [3.05, 3.63) is 77.5 Å². The van der Waals surface area contributed by atoms with Crippen LogP contribution in [0.1, 0.15) is 11.1 Å². The van der Waals surface area contributed by atoms with Crippen LogP contribution in [0.15, 0.2) is 59.7 Å². The molecule has 0 spiro atoms. The zero-order valence-corrected chi connectivity index (χ0v) is 16.3. The van der Waals surface area contributed by atoms with E-state index in [4.69, 9.17) is 11.6 Å². The summed E-state index contributed by atoms with van der Waals surface area (Å²) in [4.78, 5) is 29.9. The van der Waals surface area contributed by atoms with Crippen molar-refractivity contribution in [2.45, 2.75) is 5.38 Å². The Morgan fingerprint density at radius 1 is 1.07 bits per heavy atom. The fourth-order valence-electron chi connectivity index (χ4n) is 3.15. The van der Waals surface area contributed by atoms with Crippen LogP contribution in [0.5, 0.6) is 0 Å². The molecule has 5 nitrogen and oxygen atoms in total. The van der Waals surface area contributed by atoms with Gasteiger partial charge in [0.2, 0.25) is 5.69 Å². The van der Waals surface area contributed by atoms with Gasteiger partial charge in [-0.3, -0.25) is 0 Å². The topological polar surface area (TPSA) is 52.8 Å². The van der Waals surface area contributed by atoms with E-state index in [0.717, 1.165) is 16.7 Å². The Labute approximate surface area is 175 Å². The first-order valence-electron chi connectivity index (χ1n) is 8.82. The van der Waals surface area contributed by atoms with Gasteiger partial charge in [0.1, 0.15) is 5.38 Å². The molecule has 0 saturated heterocycles. The number of carbonyl (C=O) groups is 2. The smallest absolute Gasteiger partial charge is 0.245 e. The first-order chi connectivity index (χ1) is 14.4. The Kier molecular flexibility index (Phi) is 5.02. The zero-order chi connectivity index (χ0) is 21.4. The SMILES string of the molecule is C[N+]1=C2C(=NC=CC2Cl)C(=O)N(c2c(F)cc(C#Cc3ccccc3)cc2F)C1=O. The van der Waals surface area contributed by atoms with Gasteiger partial charge in [-0.15, -0.1) is 16.5 Å². The molecule has 0 N–H and O–H groups in total. The highest BCUT2D eigenvalue weighted by molar-refractivity contribution is 6.75. The molecular weight excluding hydrogens is 412 g/mol. The van der Waals surface area contributed by atoms with Crippen LogP contribution >= 0.6 is 11.6 Å². The Morgan fingerprint density at radius 2 is 1.70 bits per heavy atom. The maximum Gasteiger partial charge on any atom is 0.506 e. The number of amides is 3. The van der Waals surface area contributed by atoms with Gasteiger partial charge in [-0.2, -0.15) is 9.37 Å². The number of anilines is 1. The second kappa shape index (κ2) is 7.65. The van der Waals surface area contributed by atoms with Crippen molar-refractivity contribution < 1.29 is 22.9 Å². The quantitative estimate of drug-likeness (QED) is 0.400. The van der Waals surface area contributed by atoms with E-state index >= 15 is 0 Å². The van der Waals surface area contributed by atoms with Gasteiger partial charge < -0.3 is 0 Å². The summed E-state index contributed by atoms with van der Waals surface area (Å²) in [6, 6.07) is 9.93. The minimum Gasteiger partial charge on any atom is -0.245 e. The van der Waals surface area contributed by atoms with Crippen molar-refractivity contribution in [3.63, 3.8) is 0 Å². The summed E-state index contributed by atoms with van der Waals surface area (Å²) in [5.41, 5.74) is -0.0335. The standard InChI is InChI=1S/C22H13ClF2N3O2/c1-27-19-15(23)9-10-26-18(19)21(29)28(22(27)30)20-16(24)11-14(12-17(20)25)8-7-13-5-3-2-4-6-13/h2-6,9-12,15H,1H3/q+1. The number of fused-ring (bicyclic) bond motifs is 1. The molecule has 1 unspecified atom stereocenters. The number of allylic oxidation sites excluding steroid dienone is 1. The lowest BCUT2D eigenvalue weighted by molar-refractivity contribution is -0.390. The third kappa shape index (κ3) is 3.31. The molecule has 0 aromatic heterocycles. The van der Waals surface area contributed by atoms with Crippen molar-refractivity contribution in [1.82, 2.24) is 0 Å². The number of benzene rings is 2. The molecule has 2 aliphatic heterocycles. The largest absolute Gasteiger partial charge is 0.506 e. The van der Waals surface area contributed by atoms with Gasteiger partial charge in [0.05, 0.1) is 7.05 Å². The Bertz CT molecular complexity index is 1220. The molecule has 0 aliphatic carbocycles. The number of aliphatic imine (C=N–C) groups is 1. The predicted molar refractivity (Wildman–Crippen MR) is 109 cm³/mol. The Balaban J connectivity index is 1.77. The van der Waals surface area contributed by atoms with E-state index in [1.165, 1.54) is 19.3 Å². The van der Waals surface area contributed by atoms with E-state index in [9.17, 15) is 18.4 Å². The van der Waals surface area contributed by atoms with Crippen LogP contribution in [0.2, 0.25) is 0 Å². The van der Waals surface area contributed by atoms with Crippen LogP contribution in [-0.2, 0) is 4.79 Å². The maximum absolute atomic E-state index is 14.8. The number of rotatable bonds is 1. The number of nitrogens with zero attached hydrogens (tertiary/aromatic N) is 3. The third-order valence-electron chi connectivity index (χ3n) is 4.57. The van der Waals surface area contributed by atoms with Crippen molar-refractivity contribution in [2.24, 2.45) is 4.99 Å². The third-order valence-corrected chi connectivity index (χ3v) is 4.93. The first-order valence-corrected chi connectivity index (χ1v) is 9.26. The lowest BCUT2D eigenvalue weighted by atomic mass is 10.0. The minimum atomic E-state index is -1.10. The molecule has 30 heavy (non-hydrogen) atoms. The summed E-state index contributed by atoms with van der Waals surface area (Å²) in [7, 11) is 1.36. The molecule has 2 aliphatic rings. The van der Waals surface area contributed by atoms with Crippen molar-refractivity contribution in [3.8, 4) is 11.8 Å². The second-order valence-electron chi connectivity index (χ2n) is 6.49. The number of urea groups is 1.